The number of nitrogens with one attached hydrogen (secondary N) is 1. The monoisotopic (exact) mass is 263 g/mol. The first-order valence-electron chi connectivity index (χ1n) is 5.31. The van der Waals surface area contributed by atoms with Gasteiger partial charge in [0.15, 0.2) is 4.77 Å². The molecule has 0 bridgehead atoms. The van der Waals surface area contributed by atoms with E-state index in [4.69, 9.17) is 17.5 Å². The van der Waals surface area contributed by atoms with Crippen LogP contribution < -0.4 is 0 Å². The van der Waals surface area contributed by atoms with Gasteiger partial charge in [0.1, 0.15) is 6.07 Å². The molecule has 2 rings (SSSR count). The van der Waals surface area contributed by atoms with Gasteiger partial charge in [-0.15, -0.1) is 0 Å². The second-order valence-electron chi connectivity index (χ2n) is 3.92. The fraction of sp³-hybridized carbons (Fsp3) is 0.333. The highest BCUT2D eigenvalue weighted by atomic mass is 32.2. The van der Waals surface area contributed by atoms with Gasteiger partial charge in [0, 0.05) is 11.8 Å². The second kappa shape index (κ2) is 4.94. The molecule has 0 aliphatic carbocycles. The van der Waals surface area contributed by atoms with E-state index in [-0.39, 0.29) is 0 Å². The van der Waals surface area contributed by atoms with Gasteiger partial charge in [0.2, 0.25) is 0 Å². The highest BCUT2D eigenvalue weighted by molar-refractivity contribution is 7.98. The van der Waals surface area contributed by atoms with Crippen molar-refractivity contribution in [1.29, 1.82) is 5.26 Å². The van der Waals surface area contributed by atoms with Crippen LogP contribution in [0.5, 0.6) is 0 Å². The normalized spacial score (nSPS) is 12.5. The van der Waals surface area contributed by atoms with Crippen molar-refractivity contribution in [2.45, 2.75) is 13.0 Å². The summed E-state index contributed by atoms with van der Waals surface area (Å²) in [6.45, 7) is 2.14. The standard InChI is InChI=1S/C12H13N3S2/c1-8(7-17-2)15-10-5-3-4-9(6-13)11(10)14-12(15)16/h3-5,8H,7H2,1-2H3,(H,14,16). The quantitative estimate of drug-likeness (QED) is 0.862. The lowest BCUT2D eigenvalue weighted by atomic mass is 10.2. The highest BCUT2D eigenvalue weighted by Crippen LogP contribution is 2.23. The maximum Gasteiger partial charge on any atom is 0.178 e. The topological polar surface area (TPSA) is 44.5 Å². The second-order valence-corrected chi connectivity index (χ2v) is 5.21. The van der Waals surface area contributed by atoms with E-state index in [9.17, 15) is 0 Å². The van der Waals surface area contributed by atoms with Crippen molar-refractivity contribution in [1.82, 2.24) is 9.55 Å². The fourth-order valence-corrected chi connectivity index (χ4v) is 3.01. The van der Waals surface area contributed by atoms with E-state index in [1.807, 2.05) is 12.1 Å². The molecule has 0 aliphatic heterocycles. The number of thioether (sulfide) groups is 1. The molecule has 0 aliphatic rings. The Balaban J connectivity index is 2.69. The van der Waals surface area contributed by atoms with Crippen molar-refractivity contribution in [3.63, 3.8) is 0 Å². The van der Waals surface area contributed by atoms with Gasteiger partial charge in [-0.3, -0.25) is 0 Å². The Labute approximate surface area is 109 Å². The molecular formula is C12H13N3S2. The van der Waals surface area contributed by atoms with Crippen molar-refractivity contribution in [2.75, 3.05) is 12.0 Å². The van der Waals surface area contributed by atoms with Crippen LogP contribution in [0.15, 0.2) is 18.2 Å². The zero-order chi connectivity index (χ0) is 12.4. The van der Waals surface area contributed by atoms with Gasteiger partial charge in [-0.05, 0) is 37.5 Å². The number of hydrogen-bond donors (Lipinski definition) is 1. The Morgan fingerprint density at radius 2 is 2.35 bits per heavy atom. The molecule has 88 valence electrons. The molecule has 0 radical (unpaired) electrons. The Hall–Kier alpha value is -1.25. The van der Waals surface area contributed by atoms with Crippen LogP contribution >= 0.6 is 24.0 Å². The van der Waals surface area contributed by atoms with Crippen LogP contribution in [-0.4, -0.2) is 21.6 Å². The van der Waals surface area contributed by atoms with Crippen LogP contribution in [0, 0.1) is 16.1 Å². The number of nitriles is 1. The Morgan fingerprint density at radius 1 is 1.59 bits per heavy atom. The van der Waals surface area contributed by atoms with Gasteiger partial charge in [0.25, 0.3) is 0 Å². The van der Waals surface area contributed by atoms with E-state index in [1.165, 1.54) is 0 Å². The van der Waals surface area contributed by atoms with Crippen molar-refractivity contribution < 1.29 is 0 Å². The molecule has 1 atom stereocenters. The van der Waals surface area contributed by atoms with Crippen LogP contribution in [0.1, 0.15) is 18.5 Å². The van der Waals surface area contributed by atoms with E-state index in [0.717, 1.165) is 16.8 Å². The molecule has 1 N–H and O–H groups in total. The molecule has 0 fully saturated rings. The Kier molecular flexibility index (Phi) is 3.55. The van der Waals surface area contributed by atoms with Crippen LogP contribution in [0.4, 0.5) is 0 Å². The predicted molar refractivity (Wildman–Crippen MR) is 74.9 cm³/mol. The summed E-state index contributed by atoms with van der Waals surface area (Å²) < 4.78 is 2.77. The smallest absolute Gasteiger partial charge is 0.178 e. The molecule has 3 nitrogen and oxygen atoms in total. The van der Waals surface area contributed by atoms with E-state index in [0.29, 0.717) is 16.4 Å². The summed E-state index contributed by atoms with van der Waals surface area (Å²) in [4.78, 5) is 3.13. The average Bonchev–Trinajstić information content (AvgIpc) is 2.65. The molecule has 0 spiro atoms. The van der Waals surface area contributed by atoms with Gasteiger partial charge < -0.3 is 9.55 Å². The number of H-pyrrole nitrogens is 1. The van der Waals surface area contributed by atoms with Crippen molar-refractivity contribution in [3.05, 3.63) is 28.5 Å². The molecule has 0 saturated carbocycles. The summed E-state index contributed by atoms with van der Waals surface area (Å²) in [7, 11) is 0. The molecule has 1 aromatic carbocycles. The minimum absolute atomic E-state index is 0.320. The minimum atomic E-state index is 0.320. The molecule has 1 heterocycles. The van der Waals surface area contributed by atoms with Crippen molar-refractivity contribution >= 4 is 35.0 Å². The molecule has 2 aromatic rings. The zero-order valence-corrected chi connectivity index (χ0v) is 11.4. The zero-order valence-electron chi connectivity index (χ0n) is 9.73. The summed E-state index contributed by atoms with van der Waals surface area (Å²) in [6.07, 6.45) is 2.08. The van der Waals surface area contributed by atoms with E-state index >= 15 is 0 Å². The maximum atomic E-state index is 9.06. The van der Waals surface area contributed by atoms with E-state index in [1.54, 1.807) is 17.8 Å². The van der Waals surface area contributed by atoms with Crippen LogP contribution in [0.2, 0.25) is 0 Å². The van der Waals surface area contributed by atoms with Crippen LogP contribution in [0.25, 0.3) is 11.0 Å². The summed E-state index contributed by atoms with van der Waals surface area (Å²) >= 11 is 7.13. The third kappa shape index (κ3) is 2.11. The predicted octanol–water partition coefficient (Wildman–Crippen LogP) is 3.49. The summed E-state index contributed by atoms with van der Waals surface area (Å²) in [5.74, 6) is 0.998. The van der Waals surface area contributed by atoms with Crippen molar-refractivity contribution in [2.24, 2.45) is 0 Å². The van der Waals surface area contributed by atoms with Gasteiger partial charge in [-0.2, -0.15) is 17.0 Å². The van der Waals surface area contributed by atoms with Crippen LogP contribution in [-0.2, 0) is 0 Å². The summed E-state index contributed by atoms with van der Waals surface area (Å²) in [5, 5.41) is 9.06. The van der Waals surface area contributed by atoms with Gasteiger partial charge in [0.05, 0.1) is 16.6 Å². The molecule has 0 amide bonds. The molecule has 1 unspecified atom stereocenters. The lowest BCUT2D eigenvalue weighted by molar-refractivity contribution is 0.620. The first-order valence-corrected chi connectivity index (χ1v) is 7.11. The Morgan fingerprint density at radius 3 is 3.00 bits per heavy atom. The number of rotatable bonds is 3. The number of hydrogen-bond acceptors (Lipinski definition) is 3. The third-order valence-electron chi connectivity index (χ3n) is 2.72. The van der Waals surface area contributed by atoms with Crippen LogP contribution in [0.3, 0.4) is 0 Å². The first-order chi connectivity index (χ1) is 8.19. The largest absolute Gasteiger partial charge is 0.329 e. The van der Waals surface area contributed by atoms with E-state index in [2.05, 4.69) is 28.8 Å². The van der Waals surface area contributed by atoms with Gasteiger partial charge in [-0.1, -0.05) is 6.07 Å². The highest BCUT2D eigenvalue weighted by Gasteiger charge is 2.12. The molecular weight excluding hydrogens is 250 g/mol. The average molecular weight is 263 g/mol. The number of aromatic amines is 1. The molecule has 17 heavy (non-hydrogen) atoms. The summed E-state index contributed by atoms with van der Waals surface area (Å²) in [6, 6.07) is 8.20. The fourth-order valence-electron chi connectivity index (χ4n) is 2.00. The molecule has 0 saturated heterocycles. The minimum Gasteiger partial charge on any atom is -0.329 e. The number of benzene rings is 1. The lowest BCUT2D eigenvalue weighted by Crippen LogP contribution is -2.07. The molecule has 1 aromatic heterocycles. The third-order valence-corrected chi connectivity index (χ3v) is 3.84. The number of nitrogens with zero attached hydrogens (tertiary/aromatic N) is 2. The SMILES string of the molecule is CSCC(C)n1c(=S)[nH]c2c(C#N)cccc21. The van der Waals surface area contributed by atoms with E-state index < -0.39 is 0 Å². The maximum absolute atomic E-state index is 9.06. The lowest BCUT2D eigenvalue weighted by Gasteiger charge is -2.12. The number of fused-ring (bicyclic) bond motifs is 1. The number of imidazole rings is 1. The summed E-state index contributed by atoms with van der Waals surface area (Å²) in [5.41, 5.74) is 2.49. The number of aromatic nitrogens is 2. The van der Waals surface area contributed by atoms with Gasteiger partial charge in [-0.25, -0.2) is 0 Å². The van der Waals surface area contributed by atoms with Gasteiger partial charge >= 0.3 is 0 Å². The molecule has 5 heteroatoms. The first kappa shape index (κ1) is 12.2. The van der Waals surface area contributed by atoms with Crippen molar-refractivity contribution in [3.8, 4) is 6.07 Å². The number of para-hydroxylation sites is 1. The Bertz CT molecular complexity index is 633.